The third-order valence-electron chi connectivity index (χ3n) is 2.46. The number of hydrogen-bond donors (Lipinski definition) is 2. The molecule has 2 N–H and O–H groups in total. The topological polar surface area (TPSA) is 41.1 Å². The fourth-order valence-corrected chi connectivity index (χ4v) is 1.09. The summed E-state index contributed by atoms with van der Waals surface area (Å²) in [7, 11) is 0. The fraction of sp³-hybridized carbons (Fsp3) is 0.727. The van der Waals surface area contributed by atoms with Gasteiger partial charge in [-0.15, -0.1) is 6.58 Å². The highest BCUT2D eigenvalue weighted by atomic mass is 16.1. The van der Waals surface area contributed by atoms with Crippen LogP contribution in [0, 0.1) is 5.92 Å². The molecule has 0 aliphatic heterocycles. The van der Waals surface area contributed by atoms with Crippen LogP contribution in [0.1, 0.15) is 27.2 Å². The maximum atomic E-state index is 11.3. The van der Waals surface area contributed by atoms with Crippen molar-refractivity contribution in [3.8, 4) is 0 Å². The molecule has 0 aromatic heterocycles. The monoisotopic (exact) mass is 198 g/mol. The molecule has 0 aliphatic carbocycles. The average molecular weight is 198 g/mol. The van der Waals surface area contributed by atoms with Gasteiger partial charge in [-0.25, -0.2) is 0 Å². The molecule has 82 valence electrons. The molecule has 0 aromatic rings. The van der Waals surface area contributed by atoms with Gasteiger partial charge in [0.25, 0.3) is 0 Å². The molecule has 0 aromatic carbocycles. The van der Waals surface area contributed by atoms with E-state index in [1.807, 2.05) is 6.92 Å². The Bertz CT molecular complexity index is 180. The van der Waals surface area contributed by atoms with Crippen molar-refractivity contribution in [2.75, 3.05) is 13.1 Å². The highest BCUT2D eigenvalue weighted by Crippen LogP contribution is 2.05. The lowest BCUT2D eigenvalue weighted by atomic mass is 10.0. The van der Waals surface area contributed by atoms with Gasteiger partial charge in [-0.1, -0.05) is 26.3 Å². The third-order valence-corrected chi connectivity index (χ3v) is 2.46. The number of hydrogen-bond acceptors (Lipinski definition) is 2. The standard InChI is InChI=1S/C11H22N2O/c1-5-7-12-8-11(14)13-10(4)9(3)6-2/h5,9-10,12H,1,6-8H2,2-4H3,(H,13,14). The first-order chi connectivity index (χ1) is 6.61. The van der Waals surface area contributed by atoms with E-state index in [4.69, 9.17) is 0 Å². The van der Waals surface area contributed by atoms with E-state index in [0.717, 1.165) is 6.42 Å². The molecule has 2 unspecified atom stereocenters. The molecule has 3 heteroatoms. The zero-order chi connectivity index (χ0) is 11.0. The Morgan fingerprint density at radius 2 is 2.14 bits per heavy atom. The van der Waals surface area contributed by atoms with Gasteiger partial charge in [0.2, 0.25) is 5.91 Å². The van der Waals surface area contributed by atoms with E-state index >= 15 is 0 Å². The molecule has 3 nitrogen and oxygen atoms in total. The first kappa shape index (κ1) is 13.2. The second-order valence-electron chi connectivity index (χ2n) is 3.66. The van der Waals surface area contributed by atoms with Crippen LogP contribution in [0.3, 0.4) is 0 Å². The Hall–Kier alpha value is -0.830. The summed E-state index contributed by atoms with van der Waals surface area (Å²) in [6.07, 6.45) is 2.83. The Morgan fingerprint density at radius 3 is 2.64 bits per heavy atom. The largest absolute Gasteiger partial charge is 0.352 e. The van der Waals surface area contributed by atoms with Gasteiger partial charge in [0, 0.05) is 12.6 Å². The molecule has 1 amide bonds. The van der Waals surface area contributed by atoms with E-state index in [1.54, 1.807) is 6.08 Å². The van der Waals surface area contributed by atoms with Gasteiger partial charge < -0.3 is 10.6 Å². The van der Waals surface area contributed by atoms with Crippen molar-refractivity contribution in [1.82, 2.24) is 10.6 Å². The fourth-order valence-electron chi connectivity index (χ4n) is 1.09. The molecule has 0 aliphatic rings. The third kappa shape index (κ3) is 5.75. The van der Waals surface area contributed by atoms with Crippen LogP contribution in [0.5, 0.6) is 0 Å². The minimum absolute atomic E-state index is 0.0552. The minimum atomic E-state index is 0.0552. The van der Waals surface area contributed by atoms with E-state index < -0.39 is 0 Å². The van der Waals surface area contributed by atoms with Crippen LogP contribution >= 0.6 is 0 Å². The Kier molecular flexibility index (Phi) is 7.11. The van der Waals surface area contributed by atoms with Crippen molar-refractivity contribution in [2.24, 2.45) is 5.92 Å². The van der Waals surface area contributed by atoms with Crippen molar-refractivity contribution in [3.63, 3.8) is 0 Å². The van der Waals surface area contributed by atoms with E-state index in [-0.39, 0.29) is 11.9 Å². The molecule has 0 spiro atoms. The quantitative estimate of drug-likeness (QED) is 0.478. The van der Waals surface area contributed by atoms with E-state index in [1.165, 1.54) is 0 Å². The first-order valence-electron chi connectivity index (χ1n) is 5.22. The summed E-state index contributed by atoms with van der Waals surface area (Å²) in [5.41, 5.74) is 0. The molecular weight excluding hydrogens is 176 g/mol. The van der Waals surface area contributed by atoms with Crippen LogP contribution in [0.2, 0.25) is 0 Å². The normalized spacial score (nSPS) is 14.5. The van der Waals surface area contributed by atoms with Gasteiger partial charge in [-0.3, -0.25) is 4.79 Å². The van der Waals surface area contributed by atoms with E-state index in [0.29, 0.717) is 19.0 Å². The van der Waals surface area contributed by atoms with E-state index in [2.05, 4.69) is 31.1 Å². The van der Waals surface area contributed by atoms with Crippen molar-refractivity contribution in [1.29, 1.82) is 0 Å². The molecule has 0 radical (unpaired) electrons. The summed E-state index contributed by atoms with van der Waals surface area (Å²) in [5, 5.41) is 5.92. The van der Waals surface area contributed by atoms with Gasteiger partial charge in [-0.2, -0.15) is 0 Å². The molecule has 0 fully saturated rings. The second kappa shape index (κ2) is 7.56. The molecular formula is C11H22N2O. The first-order valence-corrected chi connectivity index (χ1v) is 5.22. The summed E-state index contributed by atoms with van der Waals surface area (Å²) >= 11 is 0. The summed E-state index contributed by atoms with van der Waals surface area (Å²) < 4.78 is 0. The van der Waals surface area contributed by atoms with Crippen LogP contribution in [0.25, 0.3) is 0 Å². The number of rotatable bonds is 7. The van der Waals surface area contributed by atoms with Crippen molar-refractivity contribution in [2.45, 2.75) is 33.2 Å². The molecule has 2 atom stereocenters. The molecule has 0 rings (SSSR count). The summed E-state index contributed by atoms with van der Waals surface area (Å²) in [6.45, 7) is 10.9. The SMILES string of the molecule is C=CCNCC(=O)NC(C)C(C)CC. The highest BCUT2D eigenvalue weighted by molar-refractivity contribution is 5.78. The maximum Gasteiger partial charge on any atom is 0.234 e. The molecule has 14 heavy (non-hydrogen) atoms. The number of carbonyl (C=O) groups excluding carboxylic acids is 1. The number of nitrogens with one attached hydrogen (secondary N) is 2. The van der Waals surface area contributed by atoms with Crippen LogP contribution in [0.4, 0.5) is 0 Å². The predicted octanol–water partition coefficient (Wildman–Crippen LogP) is 1.31. The number of carbonyl (C=O) groups is 1. The zero-order valence-corrected chi connectivity index (χ0v) is 9.47. The Balaban J connectivity index is 3.65. The minimum Gasteiger partial charge on any atom is -0.352 e. The maximum absolute atomic E-state index is 11.3. The van der Waals surface area contributed by atoms with Gasteiger partial charge in [0.1, 0.15) is 0 Å². The second-order valence-corrected chi connectivity index (χ2v) is 3.66. The lowest BCUT2D eigenvalue weighted by molar-refractivity contribution is -0.121. The Labute approximate surface area is 87.0 Å². The van der Waals surface area contributed by atoms with Gasteiger partial charge >= 0.3 is 0 Å². The predicted molar refractivity (Wildman–Crippen MR) is 60.1 cm³/mol. The van der Waals surface area contributed by atoms with Crippen molar-refractivity contribution < 1.29 is 4.79 Å². The van der Waals surface area contributed by atoms with Crippen molar-refractivity contribution >= 4 is 5.91 Å². The summed E-state index contributed by atoms with van der Waals surface area (Å²) in [4.78, 5) is 11.3. The average Bonchev–Trinajstić information content (AvgIpc) is 2.16. The summed E-state index contributed by atoms with van der Waals surface area (Å²) in [6, 6.07) is 0.248. The van der Waals surface area contributed by atoms with E-state index in [9.17, 15) is 4.79 Å². The van der Waals surface area contributed by atoms with Crippen LogP contribution < -0.4 is 10.6 Å². The smallest absolute Gasteiger partial charge is 0.234 e. The van der Waals surface area contributed by atoms with Crippen LogP contribution in [0.15, 0.2) is 12.7 Å². The summed E-state index contributed by atoms with van der Waals surface area (Å²) in [5.74, 6) is 0.581. The lowest BCUT2D eigenvalue weighted by Crippen LogP contribution is -2.41. The van der Waals surface area contributed by atoms with Gasteiger partial charge in [0.05, 0.1) is 6.54 Å². The van der Waals surface area contributed by atoms with Gasteiger partial charge in [-0.05, 0) is 12.8 Å². The lowest BCUT2D eigenvalue weighted by Gasteiger charge is -2.19. The molecule has 0 saturated carbocycles. The molecule has 0 saturated heterocycles. The molecule has 0 heterocycles. The van der Waals surface area contributed by atoms with Crippen LogP contribution in [-0.2, 0) is 4.79 Å². The highest BCUT2D eigenvalue weighted by Gasteiger charge is 2.11. The number of amides is 1. The van der Waals surface area contributed by atoms with Crippen molar-refractivity contribution in [3.05, 3.63) is 12.7 Å². The van der Waals surface area contributed by atoms with Crippen LogP contribution in [-0.4, -0.2) is 25.0 Å². The van der Waals surface area contributed by atoms with Gasteiger partial charge in [0.15, 0.2) is 0 Å². The Morgan fingerprint density at radius 1 is 1.50 bits per heavy atom. The molecule has 0 bridgehead atoms. The zero-order valence-electron chi connectivity index (χ0n) is 9.47.